The lowest BCUT2D eigenvalue weighted by Gasteiger charge is -2.13. The summed E-state index contributed by atoms with van der Waals surface area (Å²) in [5.74, 6) is -3.06. The molecule has 13 heteroatoms. The molecule has 1 heterocycles. The second-order valence-corrected chi connectivity index (χ2v) is 8.75. The first kappa shape index (κ1) is 27.1. The molecule has 0 saturated heterocycles. The second-order valence-electron chi connectivity index (χ2n) is 7.94. The van der Waals surface area contributed by atoms with E-state index in [9.17, 15) is 32.7 Å². The summed E-state index contributed by atoms with van der Waals surface area (Å²) in [6, 6.07) is 10.7. The van der Waals surface area contributed by atoms with E-state index in [0.717, 1.165) is 12.1 Å². The zero-order chi connectivity index (χ0) is 27.8. The van der Waals surface area contributed by atoms with E-state index in [4.69, 9.17) is 28.3 Å². The van der Waals surface area contributed by atoms with E-state index < -0.39 is 40.1 Å². The van der Waals surface area contributed by atoms with Crippen LogP contribution in [0.2, 0.25) is 10.0 Å². The summed E-state index contributed by atoms with van der Waals surface area (Å²) in [5.41, 5.74) is -1.99. The number of alkyl halides is 3. The van der Waals surface area contributed by atoms with Gasteiger partial charge in [0, 0.05) is 23.1 Å². The molecule has 0 bridgehead atoms. The second kappa shape index (κ2) is 10.4. The molecule has 38 heavy (non-hydrogen) atoms. The maximum Gasteiger partial charge on any atom is 0.417 e. The Morgan fingerprint density at radius 3 is 2.32 bits per heavy atom. The third-order valence-electron chi connectivity index (χ3n) is 5.54. The number of rotatable bonds is 6. The molecular weight excluding hydrogens is 550 g/mol. The molecule has 0 saturated carbocycles. The Morgan fingerprint density at radius 2 is 1.68 bits per heavy atom. The number of carboxylic acids is 1. The molecule has 0 radical (unpaired) electrons. The number of benzene rings is 3. The number of aromatic nitrogens is 2. The van der Waals surface area contributed by atoms with Crippen molar-refractivity contribution in [2.75, 3.05) is 13.2 Å². The molecule has 0 aliphatic carbocycles. The van der Waals surface area contributed by atoms with E-state index in [-0.39, 0.29) is 51.5 Å². The van der Waals surface area contributed by atoms with E-state index in [1.54, 1.807) is 0 Å². The Labute approximate surface area is 222 Å². The van der Waals surface area contributed by atoms with Crippen molar-refractivity contribution >= 4 is 51.9 Å². The summed E-state index contributed by atoms with van der Waals surface area (Å²) in [6.07, 6.45) is -4.91. The number of carbonyl (C=O) groups is 3. The maximum atomic E-state index is 13.8. The predicted molar refractivity (Wildman–Crippen MR) is 133 cm³/mol. The van der Waals surface area contributed by atoms with Gasteiger partial charge in [-0.05, 0) is 42.5 Å². The molecule has 3 aromatic carbocycles. The maximum absolute atomic E-state index is 13.8. The van der Waals surface area contributed by atoms with E-state index in [1.807, 2.05) is 0 Å². The quantitative estimate of drug-likeness (QED) is 0.297. The molecule has 0 atom stereocenters. The molecule has 4 rings (SSSR count). The van der Waals surface area contributed by atoms with Gasteiger partial charge in [-0.3, -0.25) is 9.59 Å². The van der Waals surface area contributed by atoms with Crippen molar-refractivity contribution in [1.29, 1.82) is 0 Å². The Morgan fingerprint density at radius 1 is 0.974 bits per heavy atom. The molecule has 0 fully saturated rings. The van der Waals surface area contributed by atoms with Gasteiger partial charge in [-0.2, -0.15) is 23.0 Å². The molecule has 4 aromatic rings. The number of halogens is 5. The van der Waals surface area contributed by atoms with Gasteiger partial charge in [-0.15, -0.1) is 0 Å². The molecule has 8 nitrogen and oxygen atoms in total. The van der Waals surface area contributed by atoms with Crippen LogP contribution in [0.15, 0.2) is 54.6 Å². The molecule has 0 spiro atoms. The van der Waals surface area contributed by atoms with Crippen molar-refractivity contribution in [1.82, 2.24) is 15.1 Å². The summed E-state index contributed by atoms with van der Waals surface area (Å²) in [7, 11) is 0. The first-order valence-electron chi connectivity index (χ1n) is 10.8. The zero-order valence-electron chi connectivity index (χ0n) is 19.0. The number of hydrogen-bond donors (Lipinski definition) is 3. The number of carboxylic acid groups (broad SMARTS) is 1. The Kier molecular flexibility index (Phi) is 7.45. The lowest BCUT2D eigenvalue weighted by atomic mass is 10.0. The fourth-order valence-electron chi connectivity index (χ4n) is 3.81. The highest BCUT2D eigenvalue weighted by molar-refractivity contribution is 6.35. The zero-order valence-corrected chi connectivity index (χ0v) is 20.5. The molecule has 0 unspecified atom stereocenters. The Bertz CT molecular complexity index is 1600. The molecular formula is C25H16Cl2F3N3O5. The number of hydrogen-bond acceptors (Lipinski definition) is 5. The molecule has 1 amide bonds. The molecule has 0 aliphatic rings. The topological polar surface area (TPSA) is 122 Å². The van der Waals surface area contributed by atoms with Gasteiger partial charge in [-0.1, -0.05) is 35.3 Å². The highest BCUT2D eigenvalue weighted by atomic mass is 35.5. The van der Waals surface area contributed by atoms with Crippen molar-refractivity contribution in [3.8, 4) is 11.3 Å². The largest absolute Gasteiger partial charge is 0.478 e. The number of aliphatic hydroxyl groups excluding tert-OH is 1. The number of nitrogens with one attached hydrogen (secondary N) is 1. The first-order valence-corrected chi connectivity index (χ1v) is 11.5. The van der Waals surface area contributed by atoms with E-state index in [1.165, 1.54) is 36.4 Å². The SMILES string of the molecule is O=C(O)c1ccc(-c2nn(C(=O)c3c(Cl)cccc3C(F)(F)F)c3cc(C(=O)NCCO)ccc23)c(Cl)c1. The molecule has 196 valence electrons. The summed E-state index contributed by atoms with van der Waals surface area (Å²) in [5, 5.41) is 24.6. The minimum atomic E-state index is -4.91. The van der Waals surface area contributed by atoms with Crippen molar-refractivity contribution in [3.05, 3.63) is 86.9 Å². The normalized spacial score (nSPS) is 11.5. The van der Waals surface area contributed by atoms with Crippen molar-refractivity contribution in [2.24, 2.45) is 0 Å². The van der Waals surface area contributed by atoms with Gasteiger partial charge in [0.1, 0.15) is 5.69 Å². The van der Waals surface area contributed by atoms with E-state index >= 15 is 0 Å². The van der Waals surface area contributed by atoms with Crippen LogP contribution >= 0.6 is 23.2 Å². The van der Waals surface area contributed by atoms with Crippen LogP contribution in [-0.4, -0.2) is 50.9 Å². The fraction of sp³-hybridized carbons (Fsp3) is 0.120. The Balaban J connectivity index is 1.98. The lowest BCUT2D eigenvalue weighted by Crippen LogP contribution is -2.26. The minimum absolute atomic E-state index is 0.0342. The number of aliphatic hydroxyl groups is 1. The van der Waals surface area contributed by atoms with Gasteiger partial charge in [-0.25, -0.2) is 4.79 Å². The summed E-state index contributed by atoms with van der Waals surface area (Å²) in [6.45, 7) is -0.382. The van der Waals surface area contributed by atoms with Gasteiger partial charge >= 0.3 is 12.1 Å². The van der Waals surface area contributed by atoms with Crippen molar-refractivity contribution in [3.63, 3.8) is 0 Å². The fourth-order valence-corrected chi connectivity index (χ4v) is 4.33. The highest BCUT2D eigenvalue weighted by Gasteiger charge is 2.37. The van der Waals surface area contributed by atoms with Crippen LogP contribution in [0, 0.1) is 0 Å². The van der Waals surface area contributed by atoms with Gasteiger partial charge in [0.15, 0.2) is 0 Å². The minimum Gasteiger partial charge on any atom is -0.478 e. The Hall–Kier alpha value is -3.93. The van der Waals surface area contributed by atoms with Gasteiger partial charge < -0.3 is 15.5 Å². The van der Waals surface area contributed by atoms with Gasteiger partial charge in [0.05, 0.1) is 38.9 Å². The van der Waals surface area contributed by atoms with Crippen LogP contribution in [-0.2, 0) is 6.18 Å². The van der Waals surface area contributed by atoms with Crippen LogP contribution in [0.5, 0.6) is 0 Å². The third-order valence-corrected chi connectivity index (χ3v) is 6.16. The third kappa shape index (κ3) is 5.08. The number of amides is 1. The van der Waals surface area contributed by atoms with E-state index in [0.29, 0.717) is 10.7 Å². The predicted octanol–water partition coefficient (Wildman–Crippen LogP) is 5.14. The van der Waals surface area contributed by atoms with Crippen LogP contribution in [0.1, 0.15) is 36.6 Å². The van der Waals surface area contributed by atoms with Crippen molar-refractivity contribution in [2.45, 2.75) is 6.18 Å². The average Bonchev–Trinajstić information content (AvgIpc) is 3.24. The van der Waals surface area contributed by atoms with Crippen LogP contribution in [0.3, 0.4) is 0 Å². The summed E-state index contributed by atoms with van der Waals surface area (Å²) >= 11 is 12.3. The highest BCUT2D eigenvalue weighted by Crippen LogP contribution is 2.38. The van der Waals surface area contributed by atoms with E-state index in [2.05, 4.69) is 10.4 Å². The number of carbonyl (C=O) groups excluding carboxylic acids is 2. The number of fused-ring (bicyclic) bond motifs is 1. The summed E-state index contributed by atoms with van der Waals surface area (Å²) < 4.78 is 41.9. The number of nitrogens with zero attached hydrogens (tertiary/aromatic N) is 2. The van der Waals surface area contributed by atoms with Crippen molar-refractivity contribution < 1.29 is 37.8 Å². The van der Waals surface area contributed by atoms with Crippen LogP contribution in [0.4, 0.5) is 13.2 Å². The summed E-state index contributed by atoms with van der Waals surface area (Å²) in [4.78, 5) is 37.3. The van der Waals surface area contributed by atoms with Crippen LogP contribution in [0.25, 0.3) is 22.2 Å². The monoisotopic (exact) mass is 565 g/mol. The first-order chi connectivity index (χ1) is 17.9. The van der Waals surface area contributed by atoms with Gasteiger partial charge in [0.2, 0.25) is 0 Å². The smallest absolute Gasteiger partial charge is 0.417 e. The molecule has 0 aliphatic heterocycles. The molecule has 1 aromatic heterocycles. The van der Waals surface area contributed by atoms with Crippen LogP contribution < -0.4 is 5.32 Å². The van der Waals surface area contributed by atoms with Gasteiger partial charge in [0.25, 0.3) is 11.8 Å². The standard InChI is InChI=1S/C25H16Cl2F3N3O5/c26-17-3-1-2-16(25(28,29)30)20(17)23(36)33-19-11-12(22(35)31-8-9-34)4-7-15(19)21(32-33)14-6-5-13(24(37)38)10-18(14)27/h1-7,10-11,34H,8-9H2,(H,31,35)(H,37,38). The average molecular weight is 566 g/mol. The lowest BCUT2D eigenvalue weighted by molar-refractivity contribution is -0.137. The molecule has 3 N–H and O–H groups in total. The number of aromatic carboxylic acids is 1.